The molecular weight excluding hydrogens is 332 g/mol. The Morgan fingerprint density at radius 3 is 2.76 bits per heavy atom. The molecule has 4 nitrogen and oxygen atoms in total. The number of amides is 1. The molecule has 21 heavy (non-hydrogen) atoms. The number of carbonyl (C=O) groups is 1. The van der Waals surface area contributed by atoms with Gasteiger partial charge in [0.15, 0.2) is 0 Å². The Morgan fingerprint density at radius 1 is 1.43 bits per heavy atom. The Morgan fingerprint density at radius 2 is 2.14 bits per heavy atom. The second-order valence-corrected chi connectivity index (χ2v) is 6.54. The van der Waals surface area contributed by atoms with E-state index in [2.05, 4.69) is 33.2 Å². The summed E-state index contributed by atoms with van der Waals surface area (Å²) in [5.41, 5.74) is 2.03. The van der Waals surface area contributed by atoms with Crippen molar-refractivity contribution in [3.05, 3.63) is 51.8 Å². The highest BCUT2D eigenvalue weighted by Crippen LogP contribution is 2.48. The van der Waals surface area contributed by atoms with Crippen molar-refractivity contribution in [1.29, 1.82) is 0 Å². The van der Waals surface area contributed by atoms with Gasteiger partial charge in [-0.25, -0.2) is 0 Å². The van der Waals surface area contributed by atoms with Crippen LogP contribution >= 0.6 is 15.9 Å². The van der Waals surface area contributed by atoms with Gasteiger partial charge in [-0.2, -0.15) is 0 Å². The van der Waals surface area contributed by atoms with Crippen LogP contribution in [0.15, 0.2) is 39.3 Å². The first-order valence-corrected chi connectivity index (χ1v) is 7.76. The number of hydrogen-bond acceptors (Lipinski definition) is 3. The predicted octanol–water partition coefficient (Wildman–Crippen LogP) is 3.51. The van der Waals surface area contributed by atoms with Crippen molar-refractivity contribution in [2.24, 2.45) is 5.92 Å². The Kier molecular flexibility index (Phi) is 3.85. The zero-order valence-corrected chi connectivity index (χ0v) is 13.6. The second kappa shape index (κ2) is 5.64. The molecule has 110 valence electrons. The zero-order chi connectivity index (χ0) is 15.0. The lowest BCUT2D eigenvalue weighted by Crippen LogP contribution is -2.28. The van der Waals surface area contributed by atoms with Crippen molar-refractivity contribution in [3.8, 4) is 0 Å². The fraction of sp³-hybridized carbons (Fsp3) is 0.375. The highest BCUT2D eigenvalue weighted by Gasteiger charge is 2.45. The molecule has 1 heterocycles. The summed E-state index contributed by atoms with van der Waals surface area (Å²) >= 11 is 3.43. The highest BCUT2D eigenvalue weighted by molar-refractivity contribution is 9.10. The molecule has 1 fully saturated rings. The molecule has 0 saturated heterocycles. The summed E-state index contributed by atoms with van der Waals surface area (Å²) in [5.74, 6) is 1.41. The van der Waals surface area contributed by atoms with Crippen molar-refractivity contribution in [1.82, 2.24) is 10.1 Å². The van der Waals surface area contributed by atoms with Crippen LogP contribution in [0.2, 0.25) is 0 Å². The standard InChI is InChI=1S/C16H17BrN2O2/c1-10-7-13(18-21-10)9-19(2)16(20)15-8-14(15)11-3-5-12(17)6-4-11/h3-7,14-15H,8-9H2,1-2H3. The number of aromatic nitrogens is 1. The lowest BCUT2D eigenvalue weighted by molar-refractivity contribution is -0.131. The van der Waals surface area contributed by atoms with Gasteiger partial charge in [-0.3, -0.25) is 4.79 Å². The molecule has 0 spiro atoms. The minimum Gasteiger partial charge on any atom is -0.361 e. The summed E-state index contributed by atoms with van der Waals surface area (Å²) in [4.78, 5) is 14.2. The van der Waals surface area contributed by atoms with Crippen molar-refractivity contribution < 1.29 is 9.32 Å². The third-order valence-corrected chi connectivity index (χ3v) is 4.39. The number of halogens is 1. The zero-order valence-electron chi connectivity index (χ0n) is 12.0. The Balaban J connectivity index is 1.60. The van der Waals surface area contributed by atoms with Crippen LogP contribution in [0.4, 0.5) is 0 Å². The van der Waals surface area contributed by atoms with E-state index < -0.39 is 0 Å². The molecular formula is C16H17BrN2O2. The Bertz CT molecular complexity index is 651. The highest BCUT2D eigenvalue weighted by atomic mass is 79.9. The largest absolute Gasteiger partial charge is 0.361 e. The first kappa shape index (κ1) is 14.3. The summed E-state index contributed by atoms with van der Waals surface area (Å²) in [5, 5.41) is 3.93. The molecule has 0 bridgehead atoms. The van der Waals surface area contributed by atoms with Crippen molar-refractivity contribution in [3.63, 3.8) is 0 Å². The Hall–Kier alpha value is -1.62. The van der Waals surface area contributed by atoms with E-state index in [1.54, 1.807) is 4.90 Å². The monoisotopic (exact) mass is 348 g/mol. The first-order valence-electron chi connectivity index (χ1n) is 6.97. The average Bonchev–Trinajstić information content (AvgIpc) is 3.15. The molecule has 2 atom stereocenters. The smallest absolute Gasteiger partial charge is 0.226 e. The van der Waals surface area contributed by atoms with Crippen LogP contribution in [-0.4, -0.2) is 23.0 Å². The lowest BCUT2D eigenvalue weighted by atomic mass is 10.1. The van der Waals surface area contributed by atoms with Gasteiger partial charge in [-0.1, -0.05) is 33.2 Å². The molecule has 0 aliphatic heterocycles. The van der Waals surface area contributed by atoms with Crippen molar-refractivity contribution in [2.75, 3.05) is 7.05 Å². The van der Waals surface area contributed by atoms with Gasteiger partial charge in [0.25, 0.3) is 0 Å². The molecule has 1 aromatic carbocycles. The van der Waals surface area contributed by atoms with Gasteiger partial charge >= 0.3 is 0 Å². The maximum absolute atomic E-state index is 12.4. The summed E-state index contributed by atoms with van der Waals surface area (Å²) in [6, 6.07) is 10.1. The number of benzene rings is 1. The van der Waals surface area contributed by atoms with E-state index in [0.29, 0.717) is 12.5 Å². The maximum atomic E-state index is 12.4. The van der Waals surface area contributed by atoms with Crippen LogP contribution in [-0.2, 0) is 11.3 Å². The topological polar surface area (TPSA) is 46.3 Å². The van der Waals surface area contributed by atoms with Crippen LogP contribution in [0.25, 0.3) is 0 Å². The molecule has 2 aromatic rings. The SMILES string of the molecule is Cc1cc(CN(C)C(=O)C2CC2c2ccc(Br)cc2)no1. The molecule has 1 aromatic heterocycles. The minimum absolute atomic E-state index is 0.101. The summed E-state index contributed by atoms with van der Waals surface area (Å²) < 4.78 is 6.09. The molecule has 1 amide bonds. The van der Waals surface area contributed by atoms with Gasteiger partial charge in [0.2, 0.25) is 5.91 Å². The fourth-order valence-corrected chi connectivity index (χ4v) is 2.91. The van der Waals surface area contributed by atoms with E-state index in [4.69, 9.17) is 4.52 Å². The van der Waals surface area contributed by atoms with Gasteiger partial charge in [-0.05, 0) is 37.0 Å². The van der Waals surface area contributed by atoms with Crippen molar-refractivity contribution >= 4 is 21.8 Å². The fourth-order valence-electron chi connectivity index (χ4n) is 2.64. The van der Waals surface area contributed by atoms with Gasteiger partial charge in [0.05, 0.1) is 6.54 Å². The van der Waals surface area contributed by atoms with E-state index in [1.807, 2.05) is 32.2 Å². The molecule has 1 aliphatic rings. The third kappa shape index (κ3) is 3.18. The van der Waals surface area contributed by atoms with Crippen molar-refractivity contribution in [2.45, 2.75) is 25.8 Å². The second-order valence-electron chi connectivity index (χ2n) is 5.62. The van der Waals surface area contributed by atoms with E-state index in [0.717, 1.165) is 22.3 Å². The summed E-state index contributed by atoms with van der Waals surface area (Å²) in [7, 11) is 1.82. The summed E-state index contributed by atoms with van der Waals surface area (Å²) in [6.45, 7) is 2.35. The van der Waals surface area contributed by atoms with Gasteiger partial charge in [-0.15, -0.1) is 0 Å². The number of hydrogen-bond donors (Lipinski definition) is 0. The molecule has 0 radical (unpaired) electrons. The van der Waals surface area contributed by atoms with E-state index in [9.17, 15) is 4.79 Å². The quantitative estimate of drug-likeness (QED) is 0.849. The maximum Gasteiger partial charge on any atom is 0.226 e. The number of carbonyl (C=O) groups excluding carboxylic acids is 1. The molecule has 1 aliphatic carbocycles. The van der Waals surface area contributed by atoms with Crippen LogP contribution in [0, 0.1) is 12.8 Å². The normalized spacial score (nSPS) is 20.3. The number of nitrogens with zero attached hydrogens (tertiary/aromatic N) is 2. The van der Waals surface area contributed by atoms with Gasteiger partial charge < -0.3 is 9.42 Å². The molecule has 2 unspecified atom stereocenters. The van der Waals surface area contributed by atoms with E-state index in [1.165, 1.54) is 5.56 Å². The minimum atomic E-state index is 0.101. The molecule has 5 heteroatoms. The molecule has 1 saturated carbocycles. The Labute approximate surface area is 132 Å². The van der Waals surface area contributed by atoms with E-state index in [-0.39, 0.29) is 11.8 Å². The number of aryl methyl sites for hydroxylation is 1. The number of rotatable bonds is 4. The van der Waals surface area contributed by atoms with Crippen LogP contribution < -0.4 is 0 Å². The van der Waals surface area contributed by atoms with Crippen LogP contribution in [0.5, 0.6) is 0 Å². The van der Waals surface area contributed by atoms with E-state index >= 15 is 0 Å². The first-order chi connectivity index (χ1) is 10.0. The summed E-state index contributed by atoms with van der Waals surface area (Å²) in [6.07, 6.45) is 0.933. The average molecular weight is 349 g/mol. The predicted molar refractivity (Wildman–Crippen MR) is 82.7 cm³/mol. The third-order valence-electron chi connectivity index (χ3n) is 3.86. The van der Waals surface area contributed by atoms with Gasteiger partial charge in [0.1, 0.15) is 11.5 Å². The van der Waals surface area contributed by atoms with Crippen LogP contribution in [0.3, 0.4) is 0 Å². The molecule has 0 N–H and O–H groups in total. The molecule has 3 rings (SSSR count). The lowest BCUT2D eigenvalue weighted by Gasteiger charge is -2.15. The van der Waals surface area contributed by atoms with Crippen LogP contribution in [0.1, 0.15) is 29.4 Å². The van der Waals surface area contributed by atoms with Gasteiger partial charge in [0, 0.05) is 23.5 Å².